The summed E-state index contributed by atoms with van der Waals surface area (Å²) in [7, 11) is 1.63. The van der Waals surface area contributed by atoms with E-state index in [1.54, 1.807) is 7.11 Å². The summed E-state index contributed by atoms with van der Waals surface area (Å²) in [5, 5.41) is 9.64. The highest BCUT2D eigenvalue weighted by Gasteiger charge is 2.52. The van der Waals surface area contributed by atoms with E-state index in [0.717, 1.165) is 35.3 Å². The van der Waals surface area contributed by atoms with Crippen LogP contribution >= 0.6 is 0 Å². The van der Waals surface area contributed by atoms with Crippen molar-refractivity contribution in [2.75, 3.05) is 13.7 Å². The zero-order valence-corrected chi connectivity index (χ0v) is 13.5. The van der Waals surface area contributed by atoms with Crippen LogP contribution in [-0.2, 0) is 11.2 Å². The Hall–Kier alpha value is -2.14. The molecule has 2 amide bonds. The van der Waals surface area contributed by atoms with Crippen LogP contribution in [0.4, 0.5) is 4.79 Å². The van der Waals surface area contributed by atoms with Crippen molar-refractivity contribution in [3.8, 4) is 5.75 Å². The standard InChI is InChI=1S/C18H21NO4/c1-12-4-3-7-19(12,18(21)22)17(20)10-13-8-14-5-6-16(23-2)11-15(14)9-13/h5-6,9,11-12H,3-4,7-8,10H2,1-2H3/p+1/t12-,19?/m1/s1. The molecule has 3 rings (SSSR count). The van der Waals surface area contributed by atoms with E-state index in [1.807, 2.05) is 31.2 Å². The fourth-order valence-electron chi connectivity index (χ4n) is 3.80. The molecule has 5 heteroatoms. The van der Waals surface area contributed by atoms with Crippen LogP contribution in [0.1, 0.15) is 37.3 Å². The van der Waals surface area contributed by atoms with Crippen molar-refractivity contribution in [3.05, 3.63) is 34.9 Å². The third-order valence-electron chi connectivity index (χ3n) is 5.18. The number of fused-ring (bicyclic) bond motifs is 1. The molecule has 0 aromatic heterocycles. The maximum atomic E-state index is 12.8. The lowest BCUT2D eigenvalue weighted by Gasteiger charge is -2.29. The number of carbonyl (C=O) groups excluding carboxylic acids is 1. The van der Waals surface area contributed by atoms with Gasteiger partial charge in [-0.05, 0) is 36.6 Å². The molecule has 23 heavy (non-hydrogen) atoms. The van der Waals surface area contributed by atoms with Gasteiger partial charge in [0, 0.05) is 12.8 Å². The molecule has 1 unspecified atom stereocenters. The van der Waals surface area contributed by atoms with Gasteiger partial charge in [0.1, 0.15) is 11.8 Å². The fraction of sp³-hybridized carbons (Fsp3) is 0.444. The summed E-state index contributed by atoms with van der Waals surface area (Å²) >= 11 is 0. The molecule has 1 aromatic carbocycles. The van der Waals surface area contributed by atoms with E-state index >= 15 is 0 Å². The smallest absolute Gasteiger partial charge is 0.497 e. The number of hydrogen-bond acceptors (Lipinski definition) is 3. The molecule has 0 bridgehead atoms. The number of benzene rings is 1. The molecule has 1 aliphatic heterocycles. The third-order valence-corrected chi connectivity index (χ3v) is 5.18. The quantitative estimate of drug-likeness (QED) is 0.870. The number of likely N-dealkylation sites (tertiary alicyclic amines) is 1. The molecule has 0 radical (unpaired) electrons. The van der Waals surface area contributed by atoms with Crippen molar-refractivity contribution < 1.29 is 23.9 Å². The van der Waals surface area contributed by atoms with Crippen LogP contribution in [0, 0.1) is 0 Å². The van der Waals surface area contributed by atoms with E-state index in [0.29, 0.717) is 13.0 Å². The second kappa shape index (κ2) is 5.81. The summed E-state index contributed by atoms with van der Waals surface area (Å²) in [5.74, 6) is 0.586. The highest BCUT2D eigenvalue weighted by atomic mass is 16.5. The molecule has 1 N–H and O–H groups in total. The first-order valence-corrected chi connectivity index (χ1v) is 7.98. The Morgan fingerprint density at radius 2 is 2.17 bits per heavy atom. The largest absolute Gasteiger partial charge is 0.521 e. The number of methoxy groups -OCH3 is 1. The second-order valence-corrected chi connectivity index (χ2v) is 6.48. The van der Waals surface area contributed by atoms with Crippen LogP contribution in [-0.4, -0.2) is 41.3 Å². The minimum atomic E-state index is -1.02. The number of imide groups is 1. The van der Waals surface area contributed by atoms with Gasteiger partial charge in [0.25, 0.3) is 0 Å². The lowest BCUT2D eigenvalue weighted by Crippen LogP contribution is -2.58. The van der Waals surface area contributed by atoms with Gasteiger partial charge >= 0.3 is 12.0 Å². The number of carbonyl (C=O) groups is 2. The molecule has 0 spiro atoms. The molecule has 2 aliphatic rings. The number of quaternary nitrogens is 1. The summed E-state index contributed by atoms with van der Waals surface area (Å²) in [6.07, 6.45) is 3.46. The van der Waals surface area contributed by atoms with Crippen LogP contribution in [0.25, 0.3) is 6.08 Å². The molecule has 1 heterocycles. The molecule has 1 fully saturated rings. The first-order valence-electron chi connectivity index (χ1n) is 7.98. The Kier molecular flexibility index (Phi) is 3.98. The van der Waals surface area contributed by atoms with Gasteiger partial charge < -0.3 is 9.84 Å². The van der Waals surface area contributed by atoms with Gasteiger partial charge in [-0.2, -0.15) is 9.28 Å². The van der Waals surface area contributed by atoms with E-state index in [4.69, 9.17) is 4.74 Å². The van der Waals surface area contributed by atoms with Crippen LogP contribution in [0.2, 0.25) is 0 Å². The number of nitrogens with zero attached hydrogens (tertiary/aromatic N) is 1. The predicted octanol–water partition coefficient (Wildman–Crippen LogP) is 3.23. The summed E-state index contributed by atoms with van der Waals surface area (Å²) in [6.45, 7) is 2.27. The van der Waals surface area contributed by atoms with Crippen molar-refractivity contribution in [1.82, 2.24) is 0 Å². The zero-order chi connectivity index (χ0) is 16.6. The summed E-state index contributed by atoms with van der Waals surface area (Å²) in [4.78, 5) is 24.5. The topological polar surface area (TPSA) is 63.6 Å². The molecular weight excluding hydrogens is 294 g/mol. The highest BCUT2D eigenvalue weighted by molar-refractivity contribution is 5.84. The van der Waals surface area contributed by atoms with Gasteiger partial charge in [0.05, 0.1) is 20.1 Å². The number of hydrogen-bond donors (Lipinski definition) is 1. The van der Waals surface area contributed by atoms with Gasteiger partial charge in [-0.3, -0.25) is 0 Å². The Labute approximate surface area is 135 Å². The van der Waals surface area contributed by atoms with Crippen LogP contribution < -0.4 is 4.74 Å². The summed E-state index contributed by atoms with van der Waals surface area (Å²) in [6, 6.07) is 5.71. The Bertz CT molecular complexity index is 694. The maximum Gasteiger partial charge on any atom is 0.521 e. The minimum Gasteiger partial charge on any atom is -0.497 e. The maximum absolute atomic E-state index is 12.8. The van der Waals surface area contributed by atoms with Gasteiger partial charge in [-0.1, -0.05) is 17.7 Å². The highest BCUT2D eigenvalue weighted by Crippen LogP contribution is 2.34. The van der Waals surface area contributed by atoms with Crippen LogP contribution in [0.5, 0.6) is 5.75 Å². The normalized spacial score (nSPS) is 25.8. The number of amides is 2. The lowest BCUT2D eigenvalue weighted by atomic mass is 10.1. The fourth-order valence-corrected chi connectivity index (χ4v) is 3.80. The molecule has 2 atom stereocenters. The molecule has 0 saturated carbocycles. The summed E-state index contributed by atoms with van der Waals surface area (Å²) in [5.41, 5.74) is 3.20. The van der Waals surface area contributed by atoms with E-state index in [-0.39, 0.29) is 18.4 Å². The van der Waals surface area contributed by atoms with Crippen molar-refractivity contribution in [3.63, 3.8) is 0 Å². The molecule has 1 aromatic rings. The first-order chi connectivity index (χ1) is 11.0. The second-order valence-electron chi connectivity index (χ2n) is 6.48. The van der Waals surface area contributed by atoms with Gasteiger partial charge in [-0.15, -0.1) is 0 Å². The van der Waals surface area contributed by atoms with E-state index in [2.05, 4.69) is 0 Å². The van der Waals surface area contributed by atoms with Crippen molar-refractivity contribution in [2.24, 2.45) is 0 Å². The minimum absolute atomic E-state index is 0.149. The average Bonchev–Trinajstić information content (AvgIpc) is 3.09. The molecule has 5 nitrogen and oxygen atoms in total. The van der Waals surface area contributed by atoms with Crippen molar-refractivity contribution in [2.45, 2.75) is 38.6 Å². The predicted molar refractivity (Wildman–Crippen MR) is 86.1 cm³/mol. The Balaban J connectivity index is 1.80. The first kappa shape index (κ1) is 15.7. The molecule has 1 aliphatic carbocycles. The lowest BCUT2D eigenvalue weighted by molar-refractivity contribution is -0.792. The van der Waals surface area contributed by atoms with E-state index in [1.165, 1.54) is 0 Å². The van der Waals surface area contributed by atoms with E-state index in [9.17, 15) is 14.7 Å². The molecular formula is C18H22NO4+. The number of ether oxygens (including phenoxy) is 1. The Morgan fingerprint density at radius 1 is 1.39 bits per heavy atom. The molecule has 1 saturated heterocycles. The van der Waals surface area contributed by atoms with Crippen LogP contribution in [0.15, 0.2) is 23.8 Å². The average molecular weight is 316 g/mol. The van der Waals surface area contributed by atoms with Crippen molar-refractivity contribution in [1.29, 1.82) is 0 Å². The number of rotatable bonds is 3. The monoisotopic (exact) mass is 316 g/mol. The number of carboxylic acid groups (broad SMARTS) is 1. The van der Waals surface area contributed by atoms with Crippen LogP contribution in [0.3, 0.4) is 0 Å². The van der Waals surface area contributed by atoms with Gasteiger partial charge in [-0.25, -0.2) is 4.79 Å². The molecule has 122 valence electrons. The van der Waals surface area contributed by atoms with Crippen molar-refractivity contribution >= 4 is 18.1 Å². The van der Waals surface area contributed by atoms with E-state index < -0.39 is 10.6 Å². The SMILES string of the molecule is COc1ccc2c(c1)C=C(CC(=O)[N+]1(C(=O)O)CCC[C@H]1C)C2. The Morgan fingerprint density at radius 3 is 2.78 bits per heavy atom. The zero-order valence-electron chi connectivity index (χ0n) is 13.5. The summed E-state index contributed by atoms with van der Waals surface area (Å²) < 4.78 is 4.80. The van der Waals surface area contributed by atoms with Gasteiger partial charge in [0.15, 0.2) is 0 Å². The third kappa shape index (κ3) is 2.55. The van der Waals surface area contributed by atoms with Gasteiger partial charge in [0.2, 0.25) is 0 Å².